The Balaban J connectivity index is 2.17. The van der Waals surface area contributed by atoms with Gasteiger partial charge in [0, 0.05) is 17.2 Å². The highest BCUT2D eigenvalue weighted by Gasteiger charge is 2.07. The molecule has 0 spiro atoms. The second-order valence-corrected chi connectivity index (χ2v) is 5.49. The molecule has 19 heavy (non-hydrogen) atoms. The lowest BCUT2D eigenvalue weighted by atomic mass is 10.2. The Kier molecular flexibility index (Phi) is 4.65. The largest absolute Gasteiger partial charge is 0.379 e. The summed E-state index contributed by atoms with van der Waals surface area (Å²) >= 11 is 15.6. The van der Waals surface area contributed by atoms with Crippen LogP contribution in [0.4, 0.5) is 5.69 Å². The number of benzene rings is 1. The molecule has 0 aliphatic heterocycles. The van der Waals surface area contributed by atoms with E-state index in [4.69, 9.17) is 28.5 Å². The van der Waals surface area contributed by atoms with Crippen molar-refractivity contribution in [1.82, 2.24) is 4.98 Å². The number of anilines is 1. The minimum atomic E-state index is 0.382. The van der Waals surface area contributed by atoms with Crippen LogP contribution in [-0.2, 0) is 6.54 Å². The predicted octanol–water partition coefficient (Wildman–Crippen LogP) is 4.63. The highest BCUT2D eigenvalue weighted by Crippen LogP contribution is 2.34. The second kappa shape index (κ2) is 6.25. The molecule has 3 nitrogen and oxygen atoms in total. The van der Waals surface area contributed by atoms with Crippen LogP contribution in [0.5, 0.6) is 0 Å². The molecule has 0 aliphatic rings. The van der Waals surface area contributed by atoms with E-state index in [1.54, 1.807) is 24.4 Å². The van der Waals surface area contributed by atoms with Gasteiger partial charge >= 0.3 is 0 Å². The van der Waals surface area contributed by atoms with Crippen LogP contribution in [0.15, 0.2) is 34.9 Å². The summed E-state index contributed by atoms with van der Waals surface area (Å²) < 4.78 is 0.823. The fourth-order valence-electron chi connectivity index (χ4n) is 1.55. The van der Waals surface area contributed by atoms with Gasteiger partial charge in [0.25, 0.3) is 0 Å². The summed E-state index contributed by atoms with van der Waals surface area (Å²) in [6, 6.07) is 9.08. The molecule has 1 aromatic carbocycles. The van der Waals surface area contributed by atoms with E-state index in [2.05, 4.69) is 26.2 Å². The molecular formula is C13H8BrCl2N3. The molecule has 0 unspecified atom stereocenters. The van der Waals surface area contributed by atoms with Crippen LogP contribution < -0.4 is 5.32 Å². The molecule has 0 atom stereocenters. The number of nitriles is 1. The van der Waals surface area contributed by atoms with Gasteiger partial charge in [-0.3, -0.25) is 0 Å². The molecule has 0 amide bonds. The number of nitrogens with one attached hydrogen (secondary N) is 1. The van der Waals surface area contributed by atoms with Gasteiger partial charge in [-0.05, 0) is 29.8 Å². The number of nitrogens with zero attached hydrogens (tertiary/aromatic N) is 2. The summed E-state index contributed by atoms with van der Waals surface area (Å²) in [5.74, 6) is 0. The molecule has 0 bridgehead atoms. The molecule has 1 N–H and O–H groups in total. The zero-order valence-corrected chi connectivity index (χ0v) is 12.7. The van der Waals surface area contributed by atoms with Gasteiger partial charge in [-0.15, -0.1) is 0 Å². The molecule has 2 aromatic rings. The van der Waals surface area contributed by atoms with E-state index in [1.807, 2.05) is 12.1 Å². The standard InChI is InChI=1S/C13H8BrCl2N3/c14-9-4-11(15)13(12(16)5-9)19-7-8-1-2-18-10(3-8)6-17/h1-5,19H,7H2. The summed E-state index contributed by atoms with van der Waals surface area (Å²) in [6.07, 6.45) is 1.60. The quantitative estimate of drug-likeness (QED) is 0.871. The topological polar surface area (TPSA) is 48.7 Å². The summed E-state index contributed by atoms with van der Waals surface area (Å²) in [6.45, 7) is 0.512. The van der Waals surface area contributed by atoms with E-state index in [0.717, 1.165) is 10.0 Å². The highest BCUT2D eigenvalue weighted by molar-refractivity contribution is 9.10. The summed E-state index contributed by atoms with van der Waals surface area (Å²) in [5, 5.41) is 13.0. The van der Waals surface area contributed by atoms with Crippen LogP contribution in [0.1, 0.15) is 11.3 Å². The third kappa shape index (κ3) is 3.60. The minimum Gasteiger partial charge on any atom is -0.379 e. The molecule has 1 heterocycles. The number of halogens is 3. The van der Waals surface area contributed by atoms with Crippen molar-refractivity contribution >= 4 is 44.8 Å². The zero-order chi connectivity index (χ0) is 13.8. The van der Waals surface area contributed by atoms with Gasteiger partial charge < -0.3 is 5.32 Å². The van der Waals surface area contributed by atoms with Gasteiger partial charge in [0.15, 0.2) is 0 Å². The maximum Gasteiger partial charge on any atom is 0.140 e. The van der Waals surface area contributed by atoms with E-state index in [9.17, 15) is 0 Å². The first-order valence-corrected chi connectivity index (χ1v) is 6.88. The van der Waals surface area contributed by atoms with Gasteiger partial charge in [-0.1, -0.05) is 39.1 Å². The number of pyridine rings is 1. The summed E-state index contributed by atoms with van der Waals surface area (Å²) in [5.41, 5.74) is 1.98. The van der Waals surface area contributed by atoms with Crippen LogP contribution in [0, 0.1) is 11.3 Å². The highest BCUT2D eigenvalue weighted by atomic mass is 79.9. The van der Waals surface area contributed by atoms with Gasteiger partial charge in [-0.25, -0.2) is 4.98 Å². The summed E-state index contributed by atoms with van der Waals surface area (Å²) in [7, 11) is 0. The normalized spacial score (nSPS) is 10.0. The number of hydrogen-bond donors (Lipinski definition) is 1. The van der Waals surface area contributed by atoms with Crippen molar-refractivity contribution in [2.75, 3.05) is 5.32 Å². The fourth-order valence-corrected chi connectivity index (χ4v) is 2.89. The lowest BCUT2D eigenvalue weighted by Crippen LogP contribution is -2.01. The molecule has 0 saturated carbocycles. The lowest BCUT2D eigenvalue weighted by molar-refractivity contribution is 1.12. The van der Waals surface area contributed by atoms with Gasteiger partial charge in [0.2, 0.25) is 0 Å². The smallest absolute Gasteiger partial charge is 0.140 e. The van der Waals surface area contributed by atoms with E-state index in [0.29, 0.717) is 28.0 Å². The van der Waals surface area contributed by atoms with Crippen LogP contribution in [0.3, 0.4) is 0 Å². The number of aromatic nitrogens is 1. The number of rotatable bonds is 3. The van der Waals surface area contributed by atoms with Crippen molar-refractivity contribution in [1.29, 1.82) is 5.26 Å². The minimum absolute atomic E-state index is 0.382. The Morgan fingerprint density at radius 2 is 1.95 bits per heavy atom. The van der Waals surface area contributed by atoms with Crippen molar-refractivity contribution < 1.29 is 0 Å². The Hall–Kier alpha value is -1.28. The monoisotopic (exact) mass is 355 g/mol. The first kappa shape index (κ1) is 14.1. The van der Waals surface area contributed by atoms with Crippen molar-refractivity contribution in [3.63, 3.8) is 0 Å². The Bertz CT molecular complexity index is 630. The third-order valence-corrected chi connectivity index (χ3v) is 3.47. The number of hydrogen-bond acceptors (Lipinski definition) is 3. The van der Waals surface area contributed by atoms with E-state index < -0.39 is 0 Å². The third-order valence-electron chi connectivity index (χ3n) is 2.42. The molecule has 2 rings (SSSR count). The van der Waals surface area contributed by atoms with Crippen molar-refractivity contribution in [2.45, 2.75) is 6.54 Å². The second-order valence-electron chi connectivity index (χ2n) is 3.76. The van der Waals surface area contributed by atoms with E-state index in [1.165, 1.54) is 0 Å². The maximum atomic E-state index is 8.79. The average molecular weight is 357 g/mol. The first-order chi connectivity index (χ1) is 9.10. The molecule has 0 radical (unpaired) electrons. The SMILES string of the molecule is N#Cc1cc(CNc2c(Cl)cc(Br)cc2Cl)ccn1. The first-order valence-electron chi connectivity index (χ1n) is 5.33. The predicted molar refractivity (Wildman–Crippen MR) is 80.4 cm³/mol. The molecule has 0 saturated heterocycles. The molecule has 0 aliphatic carbocycles. The summed E-state index contributed by atoms with van der Waals surface area (Å²) in [4.78, 5) is 3.91. The van der Waals surface area contributed by atoms with Crippen molar-refractivity contribution in [2.24, 2.45) is 0 Å². The Morgan fingerprint density at radius 3 is 2.58 bits per heavy atom. The molecule has 6 heteroatoms. The fraction of sp³-hybridized carbons (Fsp3) is 0.0769. The van der Waals surface area contributed by atoms with Crippen LogP contribution >= 0.6 is 39.1 Å². The lowest BCUT2D eigenvalue weighted by Gasteiger charge is -2.11. The molecule has 96 valence electrons. The zero-order valence-electron chi connectivity index (χ0n) is 9.62. The van der Waals surface area contributed by atoms with E-state index >= 15 is 0 Å². The van der Waals surface area contributed by atoms with Crippen LogP contribution in [-0.4, -0.2) is 4.98 Å². The van der Waals surface area contributed by atoms with Crippen LogP contribution in [0.2, 0.25) is 10.0 Å². The van der Waals surface area contributed by atoms with Crippen molar-refractivity contribution in [3.05, 3.63) is 56.2 Å². The molecular weight excluding hydrogens is 349 g/mol. The van der Waals surface area contributed by atoms with Gasteiger partial charge in [0.05, 0.1) is 15.7 Å². The van der Waals surface area contributed by atoms with Gasteiger partial charge in [-0.2, -0.15) is 5.26 Å². The Labute approximate surface area is 129 Å². The maximum absolute atomic E-state index is 8.79. The Morgan fingerprint density at radius 1 is 1.26 bits per heavy atom. The average Bonchev–Trinajstić information content (AvgIpc) is 2.37. The van der Waals surface area contributed by atoms with Crippen LogP contribution in [0.25, 0.3) is 0 Å². The molecule has 0 fully saturated rings. The van der Waals surface area contributed by atoms with Crippen molar-refractivity contribution in [3.8, 4) is 6.07 Å². The van der Waals surface area contributed by atoms with E-state index in [-0.39, 0.29) is 0 Å². The molecule has 1 aromatic heterocycles. The van der Waals surface area contributed by atoms with Gasteiger partial charge in [0.1, 0.15) is 11.8 Å².